The standard InChI is InChI=1S/C18H21ClN2O4S/c1-25-17-10-6-3-7-14(17)11-12-20-18(22)13-21(26(2,23)24)16-9-5-4-8-15(16)19/h3-10H,11-13H2,1-2H3,(H,20,22). The van der Waals surface area contributed by atoms with E-state index in [1.165, 1.54) is 0 Å². The van der Waals surface area contributed by atoms with Gasteiger partial charge in [0.05, 0.1) is 24.1 Å². The largest absolute Gasteiger partial charge is 0.496 e. The summed E-state index contributed by atoms with van der Waals surface area (Å²) in [5.74, 6) is 0.334. The van der Waals surface area contributed by atoms with Gasteiger partial charge in [-0.25, -0.2) is 8.42 Å². The number of ether oxygens (including phenoxy) is 1. The zero-order valence-corrected chi connectivity index (χ0v) is 16.2. The number of carbonyl (C=O) groups is 1. The third-order valence-corrected chi connectivity index (χ3v) is 5.16. The minimum absolute atomic E-state index is 0.264. The number of hydrogen-bond acceptors (Lipinski definition) is 4. The fraction of sp³-hybridized carbons (Fsp3) is 0.278. The summed E-state index contributed by atoms with van der Waals surface area (Å²) >= 11 is 6.07. The molecule has 0 atom stereocenters. The van der Waals surface area contributed by atoms with Gasteiger partial charge in [0.1, 0.15) is 12.3 Å². The Labute approximate surface area is 158 Å². The van der Waals surface area contributed by atoms with Crippen molar-refractivity contribution >= 4 is 33.2 Å². The van der Waals surface area contributed by atoms with E-state index in [4.69, 9.17) is 16.3 Å². The van der Waals surface area contributed by atoms with E-state index in [1.807, 2.05) is 24.3 Å². The third-order valence-electron chi connectivity index (χ3n) is 3.72. The van der Waals surface area contributed by atoms with Crippen molar-refractivity contribution in [2.45, 2.75) is 6.42 Å². The molecule has 26 heavy (non-hydrogen) atoms. The number of anilines is 1. The normalized spacial score (nSPS) is 11.0. The summed E-state index contributed by atoms with van der Waals surface area (Å²) in [4.78, 5) is 12.2. The van der Waals surface area contributed by atoms with Crippen LogP contribution >= 0.6 is 11.6 Å². The molecule has 2 aromatic rings. The van der Waals surface area contributed by atoms with Crippen LogP contribution in [0.4, 0.5) is 5.69 Å². The van der Waals surface area contributed by atoms with Crippen LogP contribution in [0.2, 0.25) is 5.02 Å². The first-order chi connectivity index (χ1) is 12.3. The van der Waals surface area contributed by atoms with Gasteiger partial charge in [-0.05, 0) is 30.2 Å². The molecule has 1 N–H and O–H groups in total. The smallest absolute Gasteiger partial charge is 0.240 e. The summed E-state index contributed by atoms with van der Waals surface area (Å²) < 4.78 is 30.4. The Morgan fingerprint density at radius 1 is 1.15 bits per heavy atom. The first kappa shape index (κ1) is 20.1. The lowest BCUT2D eigenvalue weighted by Crippen LogP contribution is -2.41. The Morgan fingerprint density at radius 3 is 2.46 bits per heavy atom. The van der Waals surface area contributed by atoms with E-state index in [9.17, 15) is 13.2 Å². The van der Waals surface area contributed by atoms with Crippen LogP contribution in [0, 0.1) is 0 Å². The minimum Gasteiger partial charge on any atom is -0.496 e. The molecule has 0 saturated carbocycles. The van der Waals surface area contributed by atoms with Gasteiger partial charge in [-0.15, -0.1) is 0 Å². The number of benzene rings is 2. The zero-order valence-electron chi connectivity index (χ0n) is 14.6. The minimum atomic E-state index is -3.66. The summed E-state index contributed by atoms with van der Waals surface area (Å²) in [5.41, 5.74) is 1.23. The Bertz CT molecular complexity index is 871. The molecule has 0 saturated heterocycles. The quantitative estimate of drug-likeness (QED) is 0.743. The van der Waals surface area contributed by atoms with Crippen LogP contribution in [0.25, 0.3) is 0 Å². The van der Waals surface area contributed by atoms with Crippen LogP contribution in [-0.4, -0.2) is 40.8 Å². The van der Waals surface area contributed by atoms with Crippen molar-refractivity contribution in [1.82, 2.24) is 5.32 Å². The van der Waals surface area contributed by atoms with Crippen LogP contribution in [0.15, 0.2) is 48.5 Å². The maximum atomic E-state index is 12.2. The molecule has 2 rings (SSSR count). The molecule has 140 valence electrons. The monoisotopic (exact) mass is 396 g/mol. The van der Waals surface area contributed by atoms with Crippen molar-refractivity contribution in [2.75, 3.05) is 30.8 Å². The molecule has 0 fully saturated rings. The lowest BCUT2D eigenvalue weighted by Gasteiger charge is -2.22. The van der Waals surface area contributed by atoms with E-state index < -0.39 is 15.9 Å². The molecule has 0 aliphatic rings. The number of sulfonamides is 1. The van der Waals surface area contributed by atoms with E-state index in [2.05, 4.69) is 5.32 Å². The SMILES string of the molecule is COc1ccccc1CCNC(=O)CN(c1ccccc1Cl)S(C)(=O)=O. The molecule has 0 unspecified atom stereocenters. The number of amides is 1. The molecular formula is C18H21ClN2O4S. The molecule has 6 nitrogen and oxygen atoms in total. The third kappa shape index (κ3) is 5.37. The average Bonchev–Trinajstić information content (AvgIpc) is 2.60. The van der Waals surface area contributed by atoms with Gasteiger partial charge < -0.3 is 10.1 Å². The second kappa shape index (κ2) is 8.91. The predicted octanol–water partition coefficient (Wildman–Crippen LogP) is 2.47. The fourth-order valence-corrected chi connectivity index (χ4v) is 3.62. The summed E-state index contributed by atoms with van der Waals surface area (Å²) in [7, 11) is -2.07. The topological polar surface area (TPSA) is 75.7 Å². The maximum Gasteiger partial charge on any atom is 0.240 e. The lowest BCUT2D eigenvalue weighted by molar-refractivity contribution is -0.119. The highest BCUT2D eigenvalue weighted by molar-refractivity contribution is 7.92. The molecule has 0 bridgehead atoms. The number of hydrogen-bond donors (Lipinski definition) is 1. The Morgan fingerprint density at radius 2 is 1.81 bits per heavy atom. The average molecular weight is 397 g/mol. The first-order valence-corrected chi connectivity index (χ1v) is 10.2. The number of para-hydroxylation sites is 2. The Kier molecular flexibility index (Phi) is 6.88. The fourth-order valence-electron chi connectivity index (χ4n) is 2.47. The molecule has 1 amide bonds. The van der Waals surface area contributed by atoms with Gasteiger partial charge in [0.2, 0.25) is 15.9 Å². The highest BCUT2D eigenvalue weighted by Gasteiger charge is 2.22. The van der Waals surface area contributed by atoms with Crippen LogP contribution in [0.5, 0.6) is 5.75 Å². The van der Waals surface area contributed by atoms with Crippen molar-refractivity contribution in [1.29, 1.82) is 0 Å². The van der Waals surface area contributed by atoms with Crippen LogP contribution < -0.4 is 14.4 Å². The van der Waals surface area contributed by atoms with Gasteiger partial charge in [-0.3, -0.25) is 9.10 Å². The maximum absolute atomic E-state index is 12.2. The molecule has 0 radical (unpaired) electrons. The number of nitrogens with one attached hydrogen (secondary N) is 1. The number of carbonyl (C=O) groups excluding carboxylic acids is 1. The highest BCUT2D eigenvalue weighted by atomic mass is 35.5. The van der Waals surface area contributed by atoms with E-state index in [-0.39, 0.29) is 17.3 Å². The van der Waals surface area contributed by atoms with Gasteiger partial charge in [0, 0.05) is 6.54 Å². The van der Waals surface area contributed by atoms with E-state index in [0.717, 1.165) is 21.9 Å². The summed E-state index contributed by atoms with van der Waals surface area (Å²) in [5, 5.41) is 2.99. The number of rotatable bonds is 8. The molecular weight excluding hydrogens is 376 g/mol. The van der Waals surface area contributed by atoms with Gasteiger partial charge in [0.25, 0.3) is 0 Å². The molecule has 2 aromatic carbocycles. The first-order valence-electron chi connectivity index (χ1n) is 7.93. The zero-order chi connectivity index (χ0) is 19.2. The van der Waals surface area contributed by atoms with Crippen molar-refractivity contribution in [2.24, 2.45) is 0 Å². The van der Waals surface area contributed by atoms with Gasteiger partial charge in [-0.1, -0.05) is 41.9 Å². The summed E-state index contributed by atoms with van der Waals surface area (Å²) in [6.45, 7) is 0.0216. The van der Waals surface area contributed by atoms with Gasteiger partial charge in [0.15, 0.2) is 0 Å². The van der Waals surface area contributed by atoms with Crippen LogP contribution in [0.1, 0.15) is 5.56 Å². The van der Waals surface area contributed by atoms with E-state index >= 15 is 0 Å². The Balaban J connectivity index is 2.01. The lowest BCUT2D eigenvalue weighted by atomic mass is 10.1. The van der Waals surface area contributed by atoms with Crippen molar-refractivity contribution in [3.8, 4) is 5.75 Å². The van der Waals surface area contributed by atoms with Crippen LogP contribution in [0.3, 0.4) is 0 Å². The van der Waals surface area contributed by atoms with Gasteiger partial charge >= 0.3 is 0 Å². The van der Waals surface area contributed by atoms with Crippen LogP contribution in [-0.2, 0) is 21.2 Å². The number of methoxy groups -OCH3 is 1. The number of halogens is 1. The summed E-state index contributed by atoms with van der Waals surface area (Å²) in [6.07, 6.45) is 1.61. The van der Waals surface area contributed by atoms with Crippen molar-refractivity contribution < 1.29 is 17.9 Å². The van der Waals surface area contributed by atoms with E-state index in [1.54, 1.807) is 31.4 Å². The predicted molar refractivity (Wildman–Crippen MR) is 103 cm³/mol. The highest BCUT2D eigenvalue weighted by Crippen LogP contribution is 2.26. The molecule has 0 aromatic heterocycles. The molecule has 0 aliphatic carbocycles. The summed E-state index contributed by atoms with van der Waals surface area (Å²) in [6, 6.07) is 14.0. The molecule has 0 aliphatic heterocycles. The molecule has 0 heterocycles. The Hall–Kier alpha value is -2.25. The molecule has 8 heteroatoms. The number of nitrogens with zero attached hydrogens (tertiary/aromatic N) is 1. The molecule has 0 spiro atoms. The van der Waals surface area contributed by atoms with Crippen molar-refractivity contribution in [3.05, 3.63) is 59.1 Å². The van der Waals surface area contributed by atoms with E-state index in [0.29, 0.717) is 13.0 Å². The van der Waals surface area contributed by atoms with Gasteiger partial charge in [-0.2, -0.15) is 0 Å². The van der Waals surface area contributed by atoms with Crippen molar-refractivity contribution in [3.63, 3.8) is 0 Å². The second-order valence-corrected chi connectivity index (χ2v) is 7.95. The second-order valence-electron chi connectivity index (χ2n) is 5.63.